The first-order valence-corrected chi connectivity index (χ1v) is 5.38. The minimum atomic E-state index is -7.95. The van der Waals surface area contributed by atoms with Crippen LogP contribution in [0.5, 0.6) is 0 Å². The number of carboxylic acid groups (broad SMARTS) is 1. The molecule has 0 amide bonds. The molecule has 1 aliphatic rings. The van der Waals surface area contributed by atoms with Crippen LogP contribution in [0.1, 0.15) is 0 Å². The largest absolute Gasteiger partial charge is 1.00 e. The van der Waals surface area contributed by atoms with E-state index in [2.05, 4.69) is 0 Å². The minimum Gasteiger partial charge on any atom is -0.546 e. The summed E-state index contributed by atoms with van der Waals surface area (Å²) in [5, 5.41) is 10.1. The van der Waals surface area contributed by atoms with E-state index in [1.807, 2.05) is 0 Å². The smallest absolute Gasteiger partial charge is 0.546 e. The number of hydrogen-bond donors (Lipinski definition) is 0. The third kappa shape index (κ3) is 3.45. The van der Waals surface area contributed by atoms with Gasteiger partial charge in [0.25, 0.3) is 0 Å². The fourth-order valence-corrected chi connectivity index (χ4v) is 1.64. The van der Waals surface area contributed by atoms with Gasteiger partial charge < -0.3 is 9.90 Å². The molecule has 19 heteroatoms. The zero-order valence-corrected chi connectivity index (χ0v) is 15.1. The van der Waals surface area contributed by atoms with Gasteiger partial charge in [-0.15, -0.1) is 4.90 Å². The molecule has 0 aromatic carbocycles. The number of nitrogens with zero attached hydrogens (tertiary/aromatic N) is 1. The number of ether oxygens (including phenoxy) is 1. The van der Waals surface area contributed by atoms with Crippen LogP contribution in [-0.2, 0) is 9.53 Å². The molecule has 0 N–H and O–H groups in total. The zero-order valence-electron chi connectivity index (χ0n) is 12.0. The maximum Gasteiger partial charge on any atom is 1.00 e. The number of hydrogen-bond acceptors (Lipinski definition) is 4. The summed E-state index contributed by atoms with van der Waals surface area (Å²) in [5.74, 6) is -4.71. The molecule has 1 rings (SSSR count). The Hall–Kier alpha value is 0.0464. The van der Waals surface area contributed by atoms with Crippen LogP contribution in [0.4, 0.5) is 61.5 Å². The van der Waals surface area contributed by atoms with E-state index in [-0.39, 0.29) is 51.4 Å². The van der Waals surface area contributed by atoms with Crippen molar-refractivity contribution in [3.8, 4) is 0 Å². The van der Waals surface area contributed by atoms with Crippen LogP contribution in [-0.4, -0.2) is 53.1 Å². The number of rotatable bonds is 3. The Balaban J connectivity index is 0.00000676. The number of carboxylic acids is 1. The first-order valence-electron chi connectivity index (χ1n) is 5.38. The molecule has 1 heterocycles. The van der Waals surface area contributed by atoms with Crippen LogP contribution in [0.2, 0.25) is 0 Å². The van der Waals surface area contributed by atoms with E-state index < -0.39 is 53.1 Å². The standard InChI is InChI=1S/C8HF14NO3.K/c9-2(1(24)25,3(10,11)12)4(13,14)23-5(15,16)7(19,20)26-8(21,22)6(23,17)18;/h(H,24,25);/q;+1/p-1. The molecule has 1 saturated heterocycles. The van der Waals surface area contributed by atoms with Crippen molar-refractivity contribution in [1.82, 2.24) is 4.90 Å². The predicted molar refractivity (Wildman–Crippen MR) is 42.6 cm³/mol. The molecule has 0 spiro atoms. The predicted octanol–water partition coefficient (Wildman–Crippen LogP) is -0.693. The van der Waals surface area contributed by atoms with Crippen LogP contribution in [0.15, 0.2) is 0 Å². The Bertz CT molecular complexity index is 580. The maximum absolute atomic E-state index is 13.5. The molecule has 0 aromatic heterocycles. The van der Waals surface area contributed by atoms with Crippen molar-refractivity contribution in [2.75, 3.05) is 0 Å². The molecule has 1 atom stereocenters. The molecular formula is C8F14KNO3. The third-order valence-corrected chi connectivity index (χ3v) is 2.89. The van der Waals surface area contributed by atoms with E-state index in [4.69, 9.17) is 0 Å². The van der Waals surface area contributed by atoms with Crippen molar-refractivity contribution in [3.05, 3.63) is 0 Å². The second kappa shape index (κ2) is 6.79. The number of aliphatic carboxylic acids is 1. The van der Waals surface area contributed by atoms with Crippen molar-refractivity contribution in [2.45, 2.75) is 42.2 Å². The topological polar surface area (TPSA) is 52.6 Å². The van der Waals surface area contributed by atoms with E-state index in [0.29, 0.717) is 0 Å². The van der Waals surface area contributed by atoms with Crippen molar-refractivity contribution >= 4 is 5.97 Å². The number of carbonyl (C=O) groups is 1. The van der Waals surface area contributed by atoms with Crippen LogP contribution in [0.25, 0.3) is 0 Å². The first kappa shape index (κ1) is 27.0. The monoisotopic (exact) mass is 463 g/mol. The number of alkyl halides is 14. The molecule has 0 aromatic rings. The van der Waals surface area contributed by atoms with E-state index in [0.717, 1.165) is 0 Å². The van der Waals surface area contributed by atoms with Gasteiger partial charge in [0.1, 0.15) is 0 Å². The van der Waals surface area contributed by atoms with E-state index >= 15 is 0 Å². The Morgan fingerprint density at radius 3 is 1.30 bits per heavy atom. The van der Waals surface area contributed by atoms with Crippen molar-refractivity contribution in [2.24, 2.45) is 0 Å². The summed E-state index contributed by atoms with van der Waals surface area (Å²) in [6.07, 6.45) is -21.6. The molecule has 0 radical (unpaired) electrons. The molecule has 0 saturated carbocycles. The van der Waals surface area contributed by atoms with Crippen LogP contribution < -0.4 is 56.5 Å². The number of carbonyl (C=O) groups excluding carboxylic acids is 1. The van der Waals surface area contributed by atoms with E-state index in [1.54, 1.807) is 4.74 Å². The van der Waals surface area contributed by atoms with E-state index in [9.17, 15) is 71.4 Å². The van der Waals surface area contributed by atoms with Crippen molar-refractivity contribution < 1.29 is 127 Å². The second-order valence-corrected chi connectivity index (χ2v) is 4.54. The molecule has 1 aliphatic heterocycles. The first-order chi connectivity index (χ1) is 11.0. The van der Waals surface area contributed by atoms with Crippen LogP contribution >= 0.6 is 0 Å². The summed E-state index contributed by atoms with van der Waals surface area (Å²) < 4.78 is 183. The summed E-state index contributed by atoms with van der Waals surface area (Å²) in [6, 6.07) is -22.9. The Morgan fingerprint density at radius 2 is 1.07 bits per heavy atom. The molecule has 4 nitrogen and oxygen atoms in total. The Labute approximate surface area is 179 Å². The second-order valence-electron chi connectivity index (χ2n) is 4.54. The summed E-state index contributed by atoms with van der Waals surface area (Å²) in [6.45, 7) is 0. The van der Waals surface area contributed by atoms with Gasteiger partial charge in [0, 0.05) is 0 Å². The van der Waals surface area contributed by atoms with Crippen LogP contribution in [0.3, 0.4) is 0 Å². The zero-order chi connectivity index (χ0) is 21.4. The third-order valence-electron chi connectivity index (χ3n) is 2.89. The molecular weight excluding hydrogens is 463 g/mol. The normalized spacial score (nSPS) is 26.6. The molecule has 0 bridgehead atoms. The fraction of sp³-hybridized carbons (Fsp3) is 0.875. The summed E-state index contributed by atoms with van der Waals surface area (Å²) in [7, 11) is 0. The van der Waals surface area contributed by atoms with Gasteiger partial charge in [-0.25, -0.2) is 9.13 Å². The number of morpholine rings is 1. The van der Waals surface area contributed by atoms with Crippen molar-refractivity contribution in [1.29, 1.82) is 0 Å². The van der Waals surface area contributed by atoms with Gasteiger partial charge >= 0.3 is 93.6 Å². The van der Waals surface area contributed by atoms with Crippen molar-refractivity contribution in [3.63, 3.8) is 0 Å². The SMILES string of the molecule is O=C([O-])C(F)(C(F)(F)F)C(F)(F)N1C(F)(F)C(F)(F)OC(F)(F)C1(F)F.[K+]. The van der Waals surface area contributed by atoms with Gasteiger partial charge in [0.15, 0.2) is 0 Å². The summed E-state index contributed by atoms with van der Waals surface area (Å²) in [4.78, 5) is 5.88. The van der Waals surface area contributed by atoms with Crippen LogP contribution in [0, 0.1) is 0 Å². The molecule has 0 aliphatic carbocycles. The summed E-state index contributed by atoms with van der Waals surface area (Å²) in [5.41, 5.74) is -7.55. The van der Waals surface area contributed by atoms with E-state index in [1.165, 1.54) is 0 Å². The minimum absolute atomic E-state index is 0. The maximum atomic E-state index is 13.5. The average Bonchev–Trinajstić information content (AvgIpc) is 2.31. The van der Waals surface area contributed by atoms with Gasteiger partial charge in [-0.05, 0) is 0 Å². The quantitative estimate of drug-likeness (QED) is 0.316. The van der Waals surface area contributed by atoms with Gasteiger partial charge in [0.2, 0.25) is 0 Å². The molecule has 1 unspecified atom stereocenters. The van der Waals surface area contributed by atoms with Gasteiger partial charge in [-0.3, -0.25) is 0 Å². The molecule has 27 heavy (non-hydrogen) atoms. The Kier molecular flexibility index (Phi) is 6.80. The van der Waals surface area contributed by atoms with Gasteiger partial charge in [-0.1, -0.05) is 0 Å². The summed E-state index contributed by atoms with van der Waals surface area (Å²) >= 11 is 0. The van der Waals surface area contributed by atoms with Gasteiger partial charge in [0.05, 0.1) is 5.97 Å². The fourth-order valence-electron chi connectivity index (χ4n) is 1.64. The average molecular weight is 463 g/mol. The Morgan fingerprint density at radius 1 is 0.778 bits per heavy atom. The molecule has 1 fully saturated rings. The molecule has 154 valence electrons. The number of halogens is 14. The van der Waals surface area contributed by atoms with Gasteiger partial charge in [-0.2, -0.15) is 57.1 Å².